The van der Waals surface area contributed by atoms with E-state index in [1.54, 1.807) is 0 Å². The molecule has 1 rings (SSSR count). The van der Waals surface area contributed by atoms with Gasteiger partial charge in [0.25, 0.3) is 5.83 Å². The maximum absolute atomic E-state index is 14.8. The van der Waals surface area contributed by atoms with E-state index in [0.29, 0.717) is 12.8 Å². The molecule has 11 nitrogen and oxygen atoms in total. The zero-order valence-corrected chi connectivity index (χ0v) is 25.7. The first-order valence-electron chi connectivity index (χ1n) is 14.4. The molecular formula is C28H40F6O11. The van der Waals surface area contributed by atoms with Crippen LogP contribution in [0.4, 0.5) is 26.3 Å². The number of ether oxygens (including phenoxy) is 7. The third-order valence-corrected chi connectivity index (χ3v) is 6.26. The molecule has 0 radical (unpaired) electrons. The van der Waals surface area contributed by atoms with Gasteiger partial charge in [0.15, 0.2) is 12.2 Å². The van der Waals surface area contributed by atoms with Crippen molar-refractivity contribution < 1.29 is 78.7 Å². The van der Waals surface area contributed by atoms with Gasteiger partial charge in [0.2, 0.25) is 12.4 Å². The molecule has 1 saturated heterocycles. The predicted octanol–water partition coefficient (Wildman–Crippen LogP) is 5.58. The van der Waals surface area contributed by atoms with Crippen LogP contribution in [-0.4, -0.2) is 79.8 Å². The second-order valence-corrected chi connectivity index (χ2v) is 10.2. The Morgan fingerprint density at radius 2 is 1.16 bits per heavy atom. The van der Waals surface area contributed by atoms with Crippen molar-refractivity contribution in [2.75, 3.05) is 13.2 Å². The van der Waals surface area contributed by atoms with Gasteiger partial charge in [-0.15, -0.1) is 0 Å². The van der Waals surface area contributed by atoms with E-state index in [1.165, 1.54) is 0 Å². The van der Waals surface area contributed by atoms with E-state index >= 15 is 0 Å². The number of carbonyl (C=O) groups is 4. The van der Waals surface area contributed by atoms with Crippen LogP contribution in [0, 0.1) is 0 Å². The van der Waals surface area contributed by atoms with Crippen LogP contribution in [0.1, 0.15) is 86.0 Å². The molecule has 45 heavy (non-hydrogen) atoms. The van der Waals surface area contributed by atoms with Crippen molar-refractivity contribution >= 4 is 23.9 Å². The van der Waals surface area contributed by atoms with Gasteiger partial charge in [-0.3, -0.25) is 19.2 Å². The Morgan fingerprint density at radius 3 is 1.67 bits per heavy atom. The van der Waals surface area contributed by atoms with Gasteiger partial charge in [-0.05, 0) is 6.42 Å². The van der Waals surface area contributed by atoms with E-state index in [9.17, 15) is 45.5 Å². The summed E-state index contributed by atoms with van der Waals surface area (Å²) in [7, 11) is 0. The largest absolute Gasteiger partial charge is 0.463 e. The Labute approximate surface area is 256 Å². The van der Waals surface area contributed by atoms with Crippen LogP contribution in [0.25, 0.3) is 0 Å². The lowest BCUT2D eigenvalue weighted by Crippen LogP contribution is -2.62. The molecule has 17 heteroatoms. The van der Waals surface area contributed by atoms with Crippen LogP contribution in [0.3, 0.4) is 0 Å². The Balaban J connectivity index is 3.21. The summed E-state index contributed by atoms with van der Waals surface area (Å²) >= 11 is 0. The lowest BCUT2D eigenvalue weighted by molar-refractivity contribution is -0.341. The Bertz CT molecular complexity index is 1020. The van der Waals surface area contributed by atoms with E-state index in [-0.39, 0.29) is 6.42 Å². The molecule has 0 N–H and O–H groups in total. The lowest BCUT2D eigenvalue weighted by Gasteiger charge is -2.43. The van der Waals surface area contributed by atoms with Gasteiger partial charge in [0.1, 0.15) is 12.7 Å². The number of unbranched alkanes of at least 4 members (excludes halogenated alkanes) is 7. The highest BCUT2D eigenvalue weighted by Crippen LogP contribution is 2.44. The van der Waals surface area contributed by atoms with Crippen molar-refractivity contribution in [3.05, 3.63) is 11.8 Å². The maximum Gasteiger partial charge on any atom is 0.426 e. The van der Waals surface area contributed by atoms with E-state index in [0.717, 1.165) is 59.8 Å². The zero-order chi connectivity index (χ0) is 34.4. The molecule has 0 bridgehead atoms. The number of rotatable bonds is 19. The number of hydrogen-bond donors (Lipinski definition) is 0. The molecule has 5 atom stereocenters. The molecule has 0 aromatic rings. The van der Waals surface area contributed by atoms with Crippen molar-refractivity contribution in [2.45, 2.75) is 129 Å². The average Bonchev–Trinajstić information content (AvgIpc) is 2.92. The molecule has 0 aromatic carbocycles. The number of alkyl halides is 4. The van der Waals surface area contributed by atoms with Crippen LogP contribution in [0.2, 0.25) is 0 Å². The molecule has 1 aliphatic heterocycles. The maximum atomic E-state index is 14.8. The molecule has 1 heterocycles. The SMILES string of the molecule is CCCCCCCCCCOC(F)(F)C(F)(F)C(F)=C(F)O[C@@H]1O[C@H](COC(C)=O)[C@H](OC(C)=O)[C@H](OC(C)=O)[C@H]1OC(C)=O. The molecule has 1 aliphatic rings. The molecule has 0 aliphatic carbocycles. The standard InChI is InChI=1S/C28H40F6O11/c1-6-7-8-9-10-11-12-13-14-40-28(33,34)27(31,32)24(29)25(30)45-26-23(43-19(5)38)22(42-18(4)37)21(41-17(3)36)20(44-26)15-39-16(2)35/h20-23,26H,6-15H2,1-5H3/t20-,21+,22+,23-,26+/m1/s1. The van der Waals surface area contributed by atoms with Crippen molar-refractivity contribution in [1.29, 1.82) is 0 Å². The minimum absolute atomic E-state index is 0.0471. The smallest absolute Gasteiger partial charge is 0.426 e. The second kappa shape index (κ2) is 18.8. The van der Waals surface area contributed by atoms with E-state index < -0.39 is 91.7 Å². The first-order valence-corrected chi connectivity index (χ1v) is 14.4. The van der Waals surface area contributed by atoms with Crippen LogP contribution in [-0.2, 0) is 52.3 Å². The number of esters is 4. The van der Waals surface area contributed by atoms with E-state index in [4.69, 9.17) is 23.7 Å². The molecule has 0 saturated carbocycles. The fourth-order valence-corrected chi connectivity index (χ4v) is 4.22. The van der Waals surface area contributed by atoms with Crippen LogP contribution < -0.4 is 0 Å². The summed E-state index contributed by atoms with van der Waals surface area (Å²) in [5.74, 6) is -13.5. The lowest BCUT2D eigenvalue weighted by atomic mass is 9.98. The normalized spacial score (nSPS) is 22.6. The molecule has 0 spiro atoms. The van der Waals surface area contributed by atoms with Gasteiger partial charge >= 0.3 is 41.9 Å². The third kappa shape index (κ3) is 13.0. The Hall–Kier alpha value is -3.08. The van der Waals surface area contributed by atoms with E-state index in [2.05, 4.69) is 9.47 Å². The van der Waals surface area contributed by atoms with E-state index in [1.807, 2.05) is 6.92 Å². The van der Waals surface area contributed by atoms with Gasteiger partial charge < -0.3 is 33.2 Å². The van der Waals surface area contributed by atoms with Gasteiger partial charge in [-0.2, -0.15) is 26.3 Å². The Kier molecular flexibility index (Phi) is 16.7. The van der Waals surface area contributed by atoms with Gasteiger partial charge in [0, 0.05) is 27.7 Å². The van der Waals surface area contributed by atoms with Gasteiger partial charge in [-0.25, -0.2) is 0 Å². The molecular weight excluding hydrogens is 626 g/mol. The highest BCUT2D eigenvalue weighted by Gasteiger charge is 2.64. The fraction of sp³-hybridized carbons (Fsp3) is 0.786. The number of hydrogen-bond acceptors (Lipinski definition) is 11. The average molecular weight is 667 g/mol. The summed E-state index contributed by atoms with van der Waals surface area (Å²) < 4.78 is 120. The summed E-state index contributed by atoms with van der Waals surface area (Å²) in [6.45, 7) is 3.88. The molecule has 0 unspecified atom stereocenters. The summed E-state index contributed by atoms with van der Waals surface area (Å²) in [5, 5.41) is 0. The summed E-state index contributed by atoms with van der Waals surface area (Å²) in [4.78, 5) is 46.7. The van der Waals surface area contributed by atoms with Crippen molar-refractivity contribution in [1.82, 2.24) is 0 Å². The number of halogens is 6. The number of carbonyl (C=O) groups excluding carboxylic acids is 4. The molecule has 0 aromatic heterocycles. The summed E-state index contributed by atoms with van der Waals surface area (Å²) in [6, 6.07) is -2.92. The minimum atomic E-state index is -5.88. The van der Waals surface area contributed by atoms with Crippen molar-refractivity contribution in [2.24, 2.45) is 0 Å². The quantitative estimate of drug-likeness (QED) is 0.0563. The monoisotopic (exact) mass is 666 g/mol. The molecule has 1 fully saturated rings. The summed E-state index contributed by atoms with van der Waals surface area (Å²) in [5.41, 5.74) is 0. The van der Waals surface area contributed by atoms with Crippen molar-refractivity contribution in [3.8, 4) is 0 Å². The first kappa shape index (κ1) is 39.9. The van der Waals surface area contributed by atoms with Crippen LogP contribution in [0.15, 0.2) is 11.8 Å². The fourth-order valence-electron chi connectivity index (χ4n) is 4.22. The zero-order valence-electron chi connectivity index (χ0n) is 25.7. The topological polar surface area (TPSA) is 133 Å². The Morgan fingerprint density at radius 1 is 0.667 bits per heavy atom. The van der Waals surface area contributed by atoms with Gasteiger partial charge in [-0.1, -0.05) is 51.9 Å². The predicted molar refractivity (Wildman–Crippen MR) is 141 cm³/mol. The highest BCUT2D eigenvalue weighted by atomic mass is 19.3. The highest BCUT2D eigenvalue weighted by molar-refractivity contribution is 5.68. The third-order valence-electron chi connectivity index (χ3n) is 6.26. The first-order chi connectivity index (χ1) is 20.9. The molecule has 0 amide bonds. The van der Waals surface area contributed by atoms with Crippen LogP contribution >= 0.6 is 0 Å². The summed E-state index contributed by atoms with van der Waals surface area (Å²) in [6.07, 6.45) is -9.71. The minimum Gasteiger partial charge on any atom is -0.463 e. The second-order valence-electron chi connectivity index (χ2n) is 10.2. The van der Waals surface area contributed by atoms with Crippen LogP contribution in [0.5, 0.6) is 0 Å². The van der Waals surface area contributed by atoms with Crippen molar-refractivity contribution in [3.63, 3.8) is 0 Å². The molecule has 260 valence electrons. The van der Waals surface area contributed by atoms with Gasteiger partial charge in [0.05, 0.1) is 6.61 Å².